The van der Waals surface area contributed by atoms with Crippen molar-refractivity contribution in [1.82, 2.24) is 0 Å². The van der Waals surface area contributed by atoms with Gasteiger partial charge in [0.1, 0.15) is 12.4 Å². The molecule has 0 bridgehead atoms. The van der Waals surface area contributed by atoms with Gasteiger partial charge in [-0.2, -0.15) is 0 Å². The van der Waals surface area contributed by atoms with Crippen LogP contribution >= 0.6 is 0 Å². The van der Waals surface area contributed by atoms with Crippen molar-refractivity contribution in [3.05, 3.63) is 29.8 Å². The molecule has 1 atom stereocenters. The van der Waals surface area contributed by atoms with Crippen LogP contribution in [0.3, 0.4) is 0 Å². The minimum atomic E-state index is 0.187. The predicted molar refractivity (Wildman–Crippen MR) is 61.9 cm³/mol. The first-order chi connectivity index (χ1) is 7.90. The van der Waals surface area contributed by atoms with Crippen LogP contribution in [0.5, 0.6) is 5.75 Å². The van der Waals surface area contributed by atoms with E-state index in [0.29, 0.717) is 6.61 Å². The summed E-state index contributed by atoms with van der Waals surface area (Å²) in [6.45, 7) is 2.15. The van der Waals surface area contributed by atoms with E-state index >= 15 is 0 Å². The normalized spacial score (nSPS) is 18.9. The minimum Gasteiger partial charge on any atom is -0.491 e. The zero-order valence-corrected chi connectivity index (χ0v) is 9.65. The number of ether oxygens (including phenoxy) is 3. The second-order valence-corrected chi connectivity index (χ2v) is 3.96. The third kappa shape index (κ3) is 2.97. The Balaban J connectivity index is 1.79. The topological polar surface area (TPSA) is 27.7 Å². The Hall–Kier alpha value is -1.06. The van der Waals surface area contributed by atoms with Crippen molar-refractivity contribution in [1.29, 1.82) is 0 Å². The van der Waals surface area contributed by atoms with Crippen molar-refractivity contribution >= 4 is 0 Å². The van der Waals surface area contributed by atoms with Gasteiger partial charge in [-0.3, -0.25) is 0 Å². The van der Waals surface area contributed by atoms with E-state index in [2.05, 4.69) is 6.07 Å². The van der Waals surface area contributed by atoms with Crippen molar-refractivity contribution in [3.63, 3.8) is 0 Å². The Morgan fingerprint density at radius 2 is 2.19 bits per heavy atom. The molecule has 1 heterocycles. The number of rotatable bonds is 5. The molecule has 0 unspecified atom stereocenters. The average Bonchev–Trinajstić information content (AvgIpc) is 2.34. The zero-order chi connectivity index (χ0) is 11.2. The van der Waals surface area contributed by atoms with Crippen molar-refractivity contribution in [3.8, 4) is 5.75 Å². The lowest BCUT2D eigenvalue weighted by molar-refractivity contribution is 0.00338. The molecule has 0 saturated heterocycles. The van der Waals surface area contributed by atoms with Gasteiger partial charge in [-0.1, -0.05) is 18.2 Å². The summed E-state index contributed by atoms with van der Waals surface area (Å²) < 4.78 is 16.3. The first-order valence-electron chi connectivity index (χ1n) is 5.71. The highest BCUT2D eigenvalue weighted by atomic mass is 16.5. The van der Waals surface area contributed by atoms with E-state index in [1.165, 1.54) is 5.56 Å². The molecule has 3 nitrogen and oxygen atoms in total. The quantitative estimate of drug-likeness (QED) is 0.714. The van der Waals surface area contributed by atoms with Gasteiger partial charge < -0.3 is 14.2 Å². The van der Waals surface area contributed by atoms with E-state index < -0.39 is 0 Å². The Morgan fingerprint density at radius 3 is 3.06 bits per heavy atom. The maximum Gasteiger partial charge on any atom is 0.122 e. The molecule has 0 aliphatic carbocycles. The lowest BCUT2D eigenvalue weighted by Gasteiger charge is -2.25. The van der Waals surface area contributed by atoms with Crippen LogP contribution in [0.2, 0.25) is 0 Å². The van der Waals surface area contributed by atoms with Gasteiger partial charge in [-0.05, 0) is 18.1 Å². The molecule has 0 N–H and O–H groups in total. The first kappa shape index (κ1) is 11.4. The second-order valence-electron chi connectivity index (χ2n) is 3.96. The molecule has 1 aliphatic heterocycles. The number of methoxy groups -OCH3 is 1. The molecule has 88 valence electrons. The molecular weight excluding hydrogens is 204 g/mol. The predicted octanol–water partition coefficient (Wildman–Crippen LogP) is 2.04. The fourth-order valence-corrected chi connectivity index (χ4v) is 1.86. The Bertz CT molecular complexity index is 325. The van der Waals surface area contributed by atoms with Crippen LogP contribution in [0.4, 0.5) is 0 Å². The van der Waals surface area contributed by atoms with Gasteiger partial charge in [0.25, 0.3) is 0 Å². The van der Waals surface area contributed by atoms with E-state index in [4.69, 9.17) is 14.2 Å². The Labute approximate surface area is 96.3 Å². The summed E-state index contributed by atoms with van der Waals surface area (Å²) in [5.74, 6) is 0.999. The Kier molecular flexibility index (Phi) is 4.19. The molecule has 0 radical (unpaired) electrons. The van der Waals surface area contributed by atoms with Gasteiger partial charge in [0.05, 0.1) is 6.10 Å². The van der Waals surface area contributed by atoms with Crippen LogP contribution in [0.15, 0.2) is 24.3 Å². The smallest absolute Gasteiger partial charge is 0.122 e. The van der Waals surface area contributed by atoms with E-state index in [0.717, 1.165) is 31.8 Å². The van der Waals surface area contributed by atoms with E-state index in [9.17, 15) is 0 Å². The third-order valence-electron chi connectivity index (χ3n) is 2.69. The molecule has 0 fully saturated rings. The fourth-order valence-electron chi connectivity index (χ4n) is 1.86. The largest absolute Gasteiger partial charge is 0.491 e. The van der Waals surface area contributed by atoms with Crippen LogP contribution < -0.4 is 4.74 Å². The van der Waals surface area contributed by atoms with Crippen molar-refractivity contribution in [2.75, 3.05) is 26.9 Å². The average molecular weight is 222 g/mol. The number of para-hydroxylation sites is 1. The lowest BCUT2D eigenvalue weighted by atomic mass is 10.0. The number of hydrogen-bond donors (Lipinski definition) is 0. The number of fused-ring (bicyclic) bond motifs is 1. The molecule has 2 rings (SSSR count). The first-order valence-corrected chi connectivity index (χ1v) is 5.71. The summed E-state index contributed by atoms with van der Waals surface area (Å²) in [6.07, 6.45) is 2.07. The van der Waals surface area contributed by atoms with Gasteiger partial charge in [-0.25, -0.2) is 0 Å². The van der Waals surface area contributed by atoms with Crippen molar-refractivity contribution in [2.45, 2.75) is 18.9 Å². The molecule has 1 aromatic rings. The number of benzene rings is 1. The molecule has 0 aromatic heterocycles. The molecule has 1 aromatic carbocycles. The van der Waals surface area contributed by atoms with Gasteiger partial charge in [-0.15, -0.1) is 0 Å². The van der Waals surface area contributed by atoms with E-state index in [1.54, 1.807) is 7.11 Å². The van der Waals surface area contributed by atoms with Crippen LogP contribution in [0.25, 0.3) is 0 Å². The fraction of sp³-hybridized carbons (Fsp3) is 0.538. The van der Waals surface area contributed by atoms with Crippen LogP contribution in [0.1, 0.15) is 12.0 Å². The monoisotopic (exact) mass is 222 g/mol. The van der Waals surface area contributed by atoms with E-state index in [-0.39, 0.29) is 6.10 Å². The van der Waals surface area contributed by atoms with Crippen LogP contribution in [-0.4, -0.2) is 33.0 Å². The Morgan fingerprint density at radius 1 is 1.31 bits per heavy atom. The zero-order valence-electron chi connectivity index (χ0n) is 9.65. The second kappa shape index (κ2) is 5.87. The summed E-state index contributed by atoms with van der Waals surface area (Å²) in [6, 6.07) is 8.14. The maximum atomic E-state index is 5.74. The summed E-state index contributed by atoms with van der Waals surface area (Å²) in [5, 5.41) is 0. The highest BCUT2D eigenvalue weighted by Gasteiger charge is 2.19. The van der Waals surface area contributed by atoms with Crippen molar-refractivity contribution < 1.29 is 14.2 Å². The minimum absolute atomic E-state index is 0.187. The molecule has 0 saturated carbocycles. The van der Waals surface area contributed by atoms with Gasteiger partial charge in [0, 0.05) is 26.7 Å². The standard InChI is InChI=1S/C13H18O3/c1-14-7-4-8-15-12-9-11-5-2-3-6-13(11)16-10-12/h2-3,5-6,12H,4,7-10H2,1H3/t12-/m1/s1. The highest BCUT2D eigenvalue weighted by Crippen LogP contribution is 2.24. The summed E-state index contributed by atoms with van der Waals surface area (Å²) in [4.78, 5) is 0. The molecule has 1 aliphatic rings. The molecule has 3 heteroatoms. The summed E-state index contributed by atoms with van der Waals surface area (Å²) in [7, 11) is 1.71. The van der Waals surface area contributed by atoms with Gasteiger partial charge in [0.2, 0.25) is 0 Å². The lowest BCUT2D eigenvalue weighted by Crippen LogP contribution is -2.29. The van der Waals surface area contributed by atoms with Gasteiger partial charge in [0.15, 0.2) is 0 Å². The van der Waals surface area contributed by atoms with Crippen LogP contribution in [-0.2, 0) is 15.9 Å². The molecule has 0 amide bonds. The molecule has 0 spiro atoms. The third-order valence-corrected chi connectivity index (χ3v) is 2.69. The maximum absolute atomic E-state index is 5.74. The SMILES string of the molecule is COCCCO[C@H]1COc2ccccc2C1. The van der Waals surface area contributed by atoms with Crippen LogP contribution in [0, 0.1) is 0 Å². The summed E-state index contributed by atoms with van der Waals surface area (Å²) in [5.41, 5.74) is 1.24. The molecular formula is C13H18O3. The molecule has 16 heavy (non-hydrogen) atoms. The van der Waals surface area contributed by atoms with Gasteiger partial charge >= 0.3 is 0 Å². The summed E-state index contributed by atoms with van der Waals surface area (Å²) >= 11 is 0. The highest BCUT2D eigenvalue weighted by molar-refractivity contribution is 5.35. The number of hydrogen-bond acceptors (Lipinski definition) is 3. The van der Waals surface area contributed by atoms with E-state index in [1.807, 2.05) is 18.2 Å². The van der Waals surface area contributed by atoms with Crippen molar-refractivity contribution in [2.24, 2.45) is 0 Å².